The Morgan fingerprint density at radius 1 is 0.833 bits per heavy atom. The molecular formula is C13H22CaO4. The Morgan fingerprint density at radius 2 is 1.22 bits per heavy atom. The minimum atomic E-state index is -1.53. The van der Waals surface area contributed by atoms with Crippen molar-refractivity contribution in [2.45, 2.75) is 64.7 Å². The van der Waals surface area contributed by atoms with E-state index in [1.165, 1.54) is 25.7 Å². The quantitative estimate of drug-likeness (QED) is 0.309. The van der Waals surface area contributed by atoms with Crippen molar-refractivity contribution in [1.29, 1.82) is 0 Å². The molecule has 0 aliphatic heterocycles. The fourth-order valence-corrected chi connectivity index (χ4v) is 1.81. The van der Waals surface area contributed by atoms with Crippen LogP contribution in [-0.2, 0) is 9.59 Å². The number of aliphatic carboxylic acids is 2. The Balaban J connectivity index is 0. The predicted octanol–water partition coefficient (Wildman–Crippen LogP) is 0.252. The second-order valence-corrected chi connectivity index (χ2v) is 4.45. The van der Waals surface area contributed by atoms with Gasteiger partial charge in [-0.2, -0.15) is 0 Å². The molecule has 5 heteroatoms. The molecule has 0 N–H and O–H groups in total. The van der Waals surface area contributed by atoms with Crippen LogP contribution < -0.4 is 10.2 Å². The van der Waals surface area contributed by atoms with Gasteiger partial charge in [-0.3, -0.25) is 0 Å². The van der Waals surface area contributed by atoms with Crippen LogP contribution in [-0.4, -0.2) is 49.7 Å². The molecule has 0 fully saturated rings. The molecule has 0 amide bonds. The van der Waals surface area contributed by atoms with Crippen molar-refractivity contribution in [3.05, 3.63) is 0 Å². The molecule has 0 saturated heterocycles. The van der Waals surface area contributed by atoms with Crippen molar-refractivity contribution in [2.75, 3.05) is 0 Å². The van der Waals surface area contributed by atoms with Gasteiger partial charge in [0.2, 0.25) is 0 Å². The van der Waals surface area contributed by atoms with Crippen LogP contribution in [0.3, 0.4) is 0 Å². The molecule has 0 aliphatic rings. The first-order valence-electron chi connectivity index (χ1n) is 6.51. The zero-order valence-corrected chi connectivity index (χ0v) is 13.5. The van der Waals surface area contributed by atoms with Gasteiger partial charge in [0, 0.05) is 5.92 Å². The normalized spacial score (nSPS) is 10.1. The molecule has 0 atom stereocenters. The standard InChI is InChI=1S/C13H24O4.Ca/c1-2-3-4-5-6-7-8-9-10-11(12(14)15)13(16)17;/h11H,2-10H2,1H3,(H,14,15)(H,16,17);/q;+2/p-2. The van der Waals surface area contributed by atoms with Gasteiger partial charge in [0.05, 0.1) is 11.9 Å². The number of hydrogen-bond donors (Lipinski definition) is 0. The fourth-order valence-electron chi connectivity index (χ4n) is 1.81. The predicted molar refractivity (Wildman–Crippen MR) is 66.5 cm³/mol. The van der Waals surface area contributed by atoms with E-state index >= 15 is 0 Å². The molecule has 0 rings (SSSR count). The summed E-state index contributed by atoms with van der Waals surface area (Å²) < 4.78 is 0. The first kappa shape index (κ1) is 20.5. The van der Waals surface area contributed by atoms with Gasteiger partial charge in [0.25, 0.3) is 0 Å². The fraction of sp³-hybridized carbons (Fsp3) is 0.846. The zero-order chi connectivity index (χ0) is 13.1. The van der Waals surface area contributed by atoms with E-state index < -0.39 is 17.9 Å². The van der Waals surface area contributed by atoms with Crippen molar-refractivity contribution in [1.82, 2.24) is 0 Å². The van der Waals surface area contributed by atoms with E-state index in [9.17, 15) is 19.8 Å². The van der Waals surface area contributed by atoms with E-state index in [4.69, 9.17) is 0 Å². The molecule has 4 nitrogen and oxygen atoms in total. The molecule has 18 heavy (non-hydrogen) atoms. The van der Waals surface area contributed by atoms with Crippen LogP contribution in [0.15, 0.2) is 0 Å². The molecule has 0 bridgehead atoms. The van der Waals surface area contributed by atoms with Gasteiger partial charge in [-0.1, -0.05) is 58.3 Å². The average molecular weight is 282 g/mol. The first-order chi connectivity index (χ1) is 8.09. The van der Waals surface area contributed by atoms with Crippen molar-refractivity contribution in [2.24, 2.45) is 5.92 Å². The van der Waals surface area contributed by atoms with Gasteiger partial charge >= 0.3 is 37.7 Å². The van der Waals surface area contributed by atoms with Gasteiger partial charge in [-0.15, -0.1) is 0 Å². The van der Waals surface area contributed by atoms with Crippen LogP contribution in [0.25, 0.3) is 0 Å². The van der Waals surface area contributed by atoms with Crippen LogP contribution in [0.4, 0.5) is 0 Å². The summed E-state index contributed by atoms with van der Waals surface area (Å²) in [6.07, 6.45) is 8.73. The van der Waals surface area contributed by atoms with Crippen LogP contribution >= 0.6 is 0 Å². The maximum atomic E-state index is 10.4. The van der Waals surface area contributed by atoms with E-state index in [1.54, 1.807) is 0 Å². The zero-order valence-electron chi connectivity index (χ0n) is 11.3. The third kappa shape index (κ3) is 11.3. The van der Waals surface area contributed by atoms with Gasteiger partial charge in [-0.25, -0.2) is 0 Å². The Labute approximate surface area is 139 Å². The number of carbonyl (C=O) groups excluding carboxylic acids is 2. The Kier molecular flexibility index (Phi) is 15.5. The number of carboxylic acid groups (broad SMARTS) is 2. The Bertz CT molecular complexity index is 217. The van der Waals surface area contributed by atoms with E-state index in [0.717, 1.165) is 19.3 Å². The Morgan fingerprint density at radius 3 is 1.61 bits per heavy atom. The summed E-state index contributed by atoms with van der Waals surface area (Å²) >= 11 is 0. The van der Waals surface area contributed by atoms with Crippen molar-refractivity contribution in [3.63, 3.8) is 0 Å². The first-order valence-corrected chi connectivity index (χ1v) is 6.51. The molecule has 0 radical (unpaired) electrons. The maximum absolute atomic E-state index is 10.4. The van der Waals surface area contributed by atoms with Gasteiger partial charge in [-0.05, 0) is 6.42 Å². The van der Waals surface area contributed by atoms with E-state index in [2.05, 4.69) is 6.92 Å². The van der Waals surface area contributed by atoms with E-state index in [1.807, 2.05) is 0 Å². The van der Waals surface area contributed by atoms with Crippen LogP contribution in [0.2, 0.25) is 0 Å². The minimum absolute atomic E-state index is 0. The molecule has 0 aromatic rings. The van der Waals surface area contributed by atoms with Crippen molar-refractivity contribution < 1.29 is 19.8 Å². The number of unbranched alkanes of at least 4 members (excludes halogenated alkanes) is 7. The molecule has 0 spiro atoms. The third-order valence-electron chi connectivity index (χ3n) is 2.92. The van der Waals surface area contributed by atoms with Crippen molar-refractivity contribution >= 4 is 49.7 Å². The molecule has 100 valence electrons. The summed E-state index contributed by atoms with van der Waals surface area (Å²) in [5.41, 5.74) is 0. The second kappa shape index (κ2) is 13.6. The average Bonchev–Trinajstić information content (AvgIpc) is 2.26. The molecule has 0 saturated carbocycles. The molecular weight excluding hydrogens is 260 g/mol. The number of carboxylic acids is 2. The Hall–Kier alpha value is 0.200. The summed E-state index contributed by atoms with van der Waals surface area (Å²) in [5, 5.41) is 20.9. The summed E-state index contributed by atoms with van der Waals surface area (Å²) in [6, 6.07) is 0. The molecule has 0 aromatic carbocycles. The SMILES string of the molecule is CCCCCCCCCCC(C(=O)[O-])C(=O)[O-].[Ca+2]. The van der Waals surface area contributed by atoms with Crippen LogP contribution in [0.1, 0.15) is 64.7 Å². The summed E-state index contributed by atoms with van der Waals surface area (Å²) in [4.78, 5) is 20.9. The smallest absolute Gasteiger partial charge is 0.549 e. The topological polar surface area (TPSA) is 80.3 Å². The van der Waals surface area contributed by atoms with E-state index in [0.29, 0.717) is 6.42 Å². The van der Waals surface area contributed by atoms with Crippen LogP contribution in [0, 0.1) is 5.92 Å². The molecule has 0 aromatic heterocycles. The summed E-state index contributed by atoms with van der Waals surface area (Å²) in [6.45, 7) is 2.17. The van der Waals surface area contributed by atoms with Gasteiger partial charge in [0.1, 0.15) is 0 Å². The largest absolute Gasteiger partial charge is 2.00 e. The maximum Gasteiger partial charge on any atom is 2.00 e. The third-order valence-corrected chi connectivity index (χ3v) is 2.92. The molecule has 0 heterocycles. The number of hydrogen-bond acceptors (Lipinski definition) is 4. The van der Waals surface area contributed by atoms with Crippen LogP contribution in [0.5, 0.6) is 0 Å². The number of carbonyl (C=O) groups is 2. The second-order valence-electron chi connectivity index (χ2n) is 4.45. The van der Waals surface area contributed by atoms with Crippen molar-refractivity contribution in [3.8, 4) is 0 Å². The van der Waals surface area contributed by atoms with E-state index in [-0.39, 0.29) is 44.2 Å². The summed E-state index contributed by atoms with van der Waals surface area (Å²) in [5.74, 6) is -4.52. The number of rotatable bonds is 11. The minimum Gasteiger partial charge on any atom is -0.549 e. The van der Waals surface area contributed by atoms with Gasteiger partial charge < -0.3 is 19.8 Å². The summed E-state index contributed by atoms with van der Waals surface area (Å²) in [7, 11) is 0. The monoisotopic (exact) mass is 282 g/mol. The molecule has 0 unspecified atom stereocenters. The van der Waals surface area contributed by atoms with Gasteiger partial charge in [0.15, 0.2) is 0 Å². The molecule has 0 aliphatic carbocycles.